The molecule has 4 aliphatic carbocycles. The number of carbonyl (C=O) groups is 1. The van der Waals surface area contributed by atoms with Gasteiger partial charge in [0.15, 0.2) is 0 Å². The van der Waals surface area contributed by atoms with E-state index in [2.05, 4.69) is 19.9 Å². The zero-order valence-corrected chi connectivity index (χ0v) is 13.4. The number of rotatable bonds is 0. The van der Waals surface area contributed by atoms with Crippen molar-refractivity contribution >= 4 is 5.78 Å². The first-order chi connectivity index (χ1) is 9.95. The Balaban J connectivity index is 1.69. The van der Waals surface area contributed by atoms with E-state index in [4.69, 9.17) is 0 Å². The molecular formula is C19H28O2. The number of ketones is 1. The van der Waals surface area contributed by atoms with Crippen LogP contribution in [0.3, 0.4) is 0 Å². The van der Waals surface area contributed by atoms with Gasteiger partial charge in [-0.1, -0.05) is 25.5 Å². The zero-order chi connectivity index (χ0) is 14.8. The molecule has 0 heterocycles. The molecule has 3 saturated carbocycles. The van der Waals surface area contributed by atoms with Crippen LogP contribution in [-0.2, 0) is 4.79 Å². The van der Waals surface area contributed by atoms with Crippen LogP contribution in [0.25, 0.3) is 0 Å². The molecule has 116 valence electrons. The Hall–Kier alpha value is -0.630. The lowest BCUT2D eigenvalue weighted by molar-refractivity contribution is -0.132. The Morgan fingerprint density at radius 3 is 2.52 bits per heavy atom. The number of fused-ring (bicyclic) bond motifs is 5. The van der Waals surface area contributed by atoms with Gasteiger partial charge in [-0.25, -0.2) is 0 Å². The maximum Gasteiger partial charge on any atom is 0.139 e. The number of Topliss-reactive ketones (excluding diaryl/α,β-unsaturated/α-hetero) is 1. The van der Waals surface area contributed by atoms with Crippen LogP contribution < -0.4 is 0 Å². The summed E-state index contributed by atoms with van der Waals surface area (Å²) in [7, 11) is 0. The molecule has 21 heavy (non-hydrogen) atoms. The maximum absolute atomic E-state index is 12.4. The molecule has 4 aliphatic rings. The van der Waals surface area contributed by atoms with Gasteiger partial charge in [0.1, 0.15) is 5.78 Å². The number of carbonyl (C=O) groups excluding carboxylic acids is 1. The lowest BCUT2D eigenvalue weighted by Crippen LogP contribution is -2.50. The molecule has 0 bridgehead atoms. The van der Waals surface area contributed by atoms with E-state index in [1.165, 1.54) is 18.4 Å². The van der Waals surface area contributed by atoms with Gasteiger partial charge in [-0.2, -0.15) is 0 Å². The van der Waals surface area contributed by atoms with Crippen LogP contribution >= 0.6 is 0 Å². The van der Waals surface area contributed by atoms with Crippen molar-refractivity contribution in [1.82, 2.24) is 0 Å². The second-order valence-electron chi connectivity index (χ2n) is 8.55. The molecule has 0 saturated heterocycles. The largest absolute Gasteiger partial charge is 0.389 e. The predicted molar refractivity (Wildman–Crippen MR) is 82.7 cm³/mol. The molecular weight excluding hydrogens is 260 g/mol. The Kier molecular flexibility index (Phi) is 2.96. The average molecular weight is 288 g/mol. The molecule has 4 rings (SSSR count). The highest BCUT2D eigenvalue weighted by Gasteiger charge is 2.58. The summed E-state index contributed by atoms with van der Waals surface area (Å²) >= 11 is 0. The Labute approximate surface area is 128 Å². The summed E-state index contributed by atoms with van der Waals surface area (Å²) in [4.78, 5) is 12.4. The van der Waals surface area contributed by atoms with Crippen molar-refractivity contribution in [2.24, 2.45) is 28.6 Å². The van der Waals surface area contributed by atoms with Gasteiger partial charge in [0.25, 0.3) is 0 Å². The molecule has 0 aromatic rings. The molecule has 2 heteroatoms. The highest BCUT2D eigenvalue weighted by Crippen LogP contribution is 2.64. The number of aliphatic hydroxyl groups is 1. The van der Waals surface area contributed by atoms with Crippen LogP contribution in [0, 0.1) is 28.6 Å². The monoisotopic (exact) mass is 288 g/mol. The highest BCUT2D eigenvalue weighted by atomic mass is 16.3. The normalized spacial score (nSPS) is 52.7. The Morgan fingerprint density at radius 1 is 1.00 bits per heavy atom. The van der Waals surface area contributed by atoms with Crippen LogP contribution in [0.15, 0.2) is 11.6 Å². The Morgan fingerprint density at radius 2 is 1.71 bits per heavy atom. The van der Waals surface area contributed by atoms with Gasteiger partial charge in [0.2, 0.25) is 0 Å². The van der Waals surface area contributed by atoms with E-state index in [-0.39, 0.29) is 11.5 Å². The molecule has 0 spiro atoms. The first-order valence-corrected chi connectivity index (χ1v) is 8.88. The maximum atomic E-state index is 12.4. The smallest absolute Gasteiger partial charge is 0.139 e. The fourth-order valence-corrected chi connectivity index (χ4v) is 6.48. The lowest BCUT2D eigenvalue weighted by atomic mass is 9.47. The lowest BCUT2D eigenvalue weighted by Gasteiger charge is -2.57. The third kappa shape index (κ3) is 1.78. The van der Waals surface area contributed by atoms with Crippen molar-refractivity contribution in [3.8, 4) is 0 Å². The predicted octanol–water partition coefficient (Wildman–Crippen LogP) is 3.88. The van der Waals surface area contributed by atoms with Crippen molar-refractivity contribution in [2.75, 3.05) is 0 Å². The third-order valence-electron chi connectivity index (χ3n) is 7.80. The van der Waals surface area contributed by atoms with E-state index in [0.717, 1.165) is 50.4 Å². The summed E-state index contributed by atoms with van der Waals surface area (Å²) in [6.07, 6.45) is 10.7. The molecule has 0 amide bonds. The number of aliphatic hydroxyl groups excluding tert-OH is 1. The molecule has 0 aliphatic heterocycles. The van der Waals surface area contributed by atoms with Crippen molar-refractivity contribution in [3.63, 3.8) is 0 Å². The highest BCUT2D eigenvalue weighted by molar-refractivity contribution is 5.87. The molecule has 0 unspecified atom stereocenters. The molecule has 1 N–H and O–H groups in total. The molecule has 0 aromatic carbocycles. The van der Waals surface area contributed by atoms with Gasteiger partial charge in [0.05, 0.1) is 6.10 Å². The molecule has 0 aromatic heterocycles. The first-order valence-electron chi connectivity index (χ1n) is 8.88. The standard InChI is InChI=1S/C19H28O2/c1-18-9-7-13(20)11-12(18)3-4-14-15-5-6-17(21)19(15,2)10-8-16(14)18/h11,13-16,20H,3-10H2,1-2H3/t13-,14-,15+,16-,18-,19+/m0/s1. The van der Waals surface area contributed by atoms with Crippen LogP contribution in [0.5, 0.6) is 0 Å². The summed E-state index contributed by atoms with van der Waals surface area (Å²) in [5.41, 5.74) is 1.82. The van der Waals surface area contributed by atoms with Crippen molar-refractivity contribution < 1.29 is 9.90 Å². The number of hydrogen-bond acceptors (Lipinski definition) is 2. The van der Waals surface area contributed by atoms with Gasteiger partial charge in [-0.15, -0.1) is 0 Å². The topological polar surface area (TPSA) is 37.3 Å². The summed E-state index contributed by atoms with van der Waals surface area (Å²) in [6, 6.07) is 0. The van der Waals surface area contributed by atoms with E-state index < -0.39 is 0 Å². The number of allylic oxidation sites excluding steroid dienone is 1. The summed E-state index contributed by atoms with van der Waals surface area (Å²) in [6.45, 7) is 4.70. The van der Waals surface area contributed by atoms with Crippen LogP contribution in [0.1, 0.15) is 65.2 Å². The minimum Gasteiger partial charge on any atom is -0.389 e. The third-order valence-corrected chi connectivity index (χ3v) is 7.80. The summed E-state index contributed by atoms with van der Waals surface area (Å²) in [5, 5.41) is 9.96. The average Bonchev–Trinajstić information content (AvgIpc) is 2.76. The van der Waals surface area contributed by atoms with E-state index in [1.807, 2.05) is 0 Å². The summed E-state index contributed by atoms with van der Waals surface area (Å²) < 4.78 is 0. The molecule has 0 radical (unpaired) electrons. The van der Waals surface area contributed by atoms with Crippen LogP contribution in [0.2, 0.25) is 0 Å². The van der Waals surface area contributed by atoms with E-state index in [1.54, 1.807) is 0 Å². The first kappa shape index (κ1) is 14.0. The van der Waals surface area contributed by atoms with Crippen LogP contribution in [-0.4, -0.2) is 17.0 Å². The summed E-state index contributed by atoms with van der Waals surface area (Å²) in [5.74, 6) is 2.66. The molecule has 3 fully saturated rings. The number of hydrogen-bond donors (Lipinski definition) is 1. The fourth-order valence-electron chi connectivity index (χ4n) is 6.48. The fraction of sp³-hybridized carbons (Fsp3) is 0.842. The zero-order valence-electron chi connectivity index (χ0n) is 13.4. The minimum atomic E-state index is -0.216. The minimum absolute atomic E-state index is 0.00702. The van der Waals surface area contributed by atoms with E-state index in [9.17, 15) is 9.90 Å². The van der Waals surface area contributed by atoms with Gasteiger partial charge in [-0.05, 0) is 68.1 Å². The van der Waals surface area contributed by atoms with Gasteiger partial charge >= 0.3 is 0 Å². The van der Waals surface area contributed by atoms with Crippen molar-refractivity contribution in [1.29, 1.82) is 0 Å². The van der Waals surface area contributed by atoms with Gasteiger partial charge in [-0.3, -0.25) is 4.79 Å². The van der Waals surface area contributed by atoms with Gasteiger partial charge < -0.3 is 5.11 Å². The second kappa shape index (κ2) is 4.44. The van der Waals surface area contributed by atoms with Crippen molar-refractivity contribution in [3.05, 3.63) is 11.6 Å². The molecule has 2 nitrogen and oxygen atoms in total. The van der Waals surface area contributed by atoms with Crippen LogP contribution in [0.4, 0.5) is 0 Å². The quantitative estimate of drug-likeness (QED) is 0.687. The molecule has 6 atom stereocenters. The van der Waals surface area contributed by atoms with Crippen molar-refractivity contribution in [2.45, 2.75) is 71.3 Å². The van der Waals surface area contributed by atoms with E-state index in [0.29, 0.717) is 17.1 Å². The second-order valence-corrected chi connectivity index (χ2v) is 8.55. The Bertz CT molecular complexity index is 508. The SMILES string of the molecule is C[C@@]12CC[C@H]3[C@@H](CCC4=C[C@@H](O)CC[C@@]43C)[C@H]1CCC2=O. The van der Waals surface area contributed by atoms with E-state index >= 15 is 0 Å². The van der Waals surface area contributed by atoms with Gasteiger partial charge in [0, 0.05) is 11.8 Å².